The Morgan fingerprint density at radius 1 is 0.649 bits per heavy atom. The van der Waals surface area contributed by atoms with Crippen LogP contribution in [0.5, 0.6) is 0 Å². The molecule has 0 aromatic heterocycles. The molecule has 0 spiro atoms. The van der Waals surface area contributed by atoms with E-state index in [-0.39, 0.29) is 48.0 Å². The van der Waals surface area contributed by atoms with Gasteiger partial charge in [-0.3, -0.25) is 9.59 Å². The Hall–Kier alpha value is -3.33. The van der Waals surface area contributed by atoms with Crippen molar-refractivity contribution >= 4 is 47.8 Å². The highest BCUT2D eigenvalue weighted by Crippen LogP contribution is 2.66. The van der Waals surface area contributed by atoms with Gasteiger partial charge in [-0.05, 0) is 92.7 Å². The van der Waals surface area contributed by atoms with E-state index >= 15 is 0 Å². The number of carbonyl (C=O) groups excluding carboxylic acids is 5. The topological polar surface area (TPSA) is 190 Å². The molecule has 4 fully saturated rings. The van der Waals surface area contributed by atoms with E-state index in [0.717, 1.165) is 6.54 Å². The zero-order valence-corrected chi connectivity index (χ0v) is 37.6. The molecule has 15 nitrogen and oxygen atoms in total. The Bertz CT molecular complexity index is 1490. The molecule has 2 aliphatic heterocycles. The molecule has 0 bridgehead atoms. The number of carboxylic acids is 1. The summed E-state index contributed by atoms with van der Waals surface area (Å²) in [6.07, 6.45) is -1.36. The van der Waals surface area contributed by atoms with Crippen molar-refractivity contribution in [2.75, 3.05) is 27.3 Å². The van der Waals surface area contributed by atoms with Crippen LogP contribution < -0.4 is 10.6 Å². The standard InChI is InChI=1S/C20H34N2O5.C11H21NO4.C9H14ClNO2.CH4/c1-18(2,3)14(21-17(25)27-19(4,5)6)15(23)22-10-11-12(20(11,7)8)13(22)16(24)26-9;1-10(2,3)7(8(13)14)12-9(15)16-11(4,5)6;1-9(2)5-4-11(10)7(6(5)9)8(12)13-3;/h11-14H,10H2,1-9H3,(H,21,25);7H,1-6H3,(H,12,15)(H,13,14);5-7H,4H2,1-3H3;1H4/t11-,12-,13-,14+;7-;5-,6-,7-;/m010./s1. The monoisotopic (exact) mass is 832 g/mol. The van der Waals surface area contributed by atoms with Crippen LogP contribution in [0, 0.1) is 45.3 Å². The van der Waals surface area contributed by atoms with Crippen molar-refractivity contribution in [3.05, 3.63) is 0 Å². The van der Waals surface area contributed by atoms with Crippen LogP contribution in [0.3, 0.4) is 0 Å². The number of nitrogens with one attached hydrogen (secondary N) is 2. The number of esters is 2. The molecule has 2 saturated heterocycles. The van der Waals surface area contributed by atoms with E-state index in [1.54, 1.807) is 71.6 Å². The molecule has 8 atom stereocenters. The Kier molecular flexibility index (Phi) is 16.2. The summed E-state index contributed by atoms with van der Waals surface area (Å²) < 4.78 is 21.6. The molecular formula is C41H73ClN4O11. The number of fused-ring (bicyclic) bond motifs is 2. The van der Waals surface area contributed by atoms with Gasteiger partial charge in [0, 0.05) is 19.0 Å². The second kappa shape index (κ2) is 17.9. The lowest BCUT2D eigenvalue weighted by Crippen LogP contribution is -2.58. The molecule has 0 unspecified atom stereocenters. The maximum atomic E-state index is 13.3. The second-order valence-electron chi connectivity index (χ2n) is 20.6. The molecule has 2 saturated carbocycles. The highest BCUT2D eigenvalue weighted by atomic mass is 35.5. The normalized spacial score (nSPS) is 26.4. The van der Waals surface area contributed by atoms with Crippen LogP contribution in [0.4, 0.5) is 9.59 Å². The first-order chi connectivity index (χ1) is 25.0. The van der Waals surface area contributed by atoms with Crippen LogP contribution in [-0.2, 0) is 38.1 Å². The fraction of sp³-hybridized carbons (Fsp3) is 0.854. The fourth-order valence-corrected chi connectivity index (χ4v) is 8.19. The number of halogens is 1. The third-order valence-electron chi connectivity index (χ3n) is 11.1. The molecule has 2 heterocycles. The van der Waals surface area contributed by atoms with E-state index in [1.807, 2.05) is 20.8 Å². The number of carboxylic acid groups (broad SMARTS) is 1. The average Bonchev–Trinajstić information content (AvgIpc) is 3.49. The molecule has 3 amide bonds. The van der Waals surface area contributed by atoms with Gasteiger partial charge in [0.15, 0.2) is 0 Å². The molecule has 57 heavy (non-hydrogen) atoms. The van der Waals surface area contributed by atoms with E-state index < -0.39 is 64.3 Å². The highest BCUT2D eigenvalue weighted by Gasteiger charge is 2.70. The van der Waals surface area contributed by atoms with Crippen LogP contribution in [0.25, 0.3) is 0 Å². The van der Waals surface area contributed by atoms with Gasteiger partial charge in [0.25, 0.3) is 0 Å². The lowest BCUT2D eigenvalue weighted by Gasteiger charge is -2.37. The van der Waals surface area contributed by atoms with Crippen LogP contribution in [0.15, 0.2) is 0 Å². The minimum absolute atomic E-state index is 0. The first-order valence-corrected chi connectivity index (χ1v) is 19.5. The number of carbonyl (C=O) groups is 6. The number of rotatable bonds is 6. The van der Waals surface area contributed by atoms with Crippen LogP contribution in [0.1, 0.15) is 118 Å². The summed E-state index contributed by atoms with van der Waals surface area (Å²) in [5, 5.41) is 14.1. The Morgan fingerprint density at radius 3 is 1.33 bits per heavy atom. The molecule has 330 valence electrons. The first-order valence-electron chi connectivity index (χ1n) is 19.1. The SMILES string of the molecule is C.CC(C)(C)OC(=O)N[C@H](C(=O)O)C(C)(C)C.COC(=O)[C@@H]1[C@@H]2[C@H](CN1C(=O)[C@@H](NC(=O)OC(C)(C)C)C(C)(C)C)C2(C)C.COC(=O)[C@@H]1[C@@H]2[C@H](CN1Cl)C2(C)C. The van der Waals surface area contributed by atoms with Crippen LogP contribution >= 0.6 is 11.8 Å². The highest BCUT2D eigenvalue weighted by molar-refractivity contribution is 6.15. The minimum Gasteiger partial charge on any atom is -0.480 e. The summed E-state index contributed by atoms with van der Waals surface area (Å²) in [5.74, 6) is -0.625. The van der Waals surface area contributed by atoms with Gasteiger partial charge in [0.2, 0.25) is 5.91 Å². The maximum absolute atomic E-state index is 13.3. The summed E-state index contributed by atoms with van der Waals surface area (Å²) in [5.41, 5.74) is -2.12. The quantitative estimate of drug-likeness (QED) is 0.150. The molecule has 4 rings (SSSR count). The summed E-state index contributed by atoms with van der Waals surface area (Å²) in [6, 6.07) is -2.61. The molecular weight excluding hydrogens is 760 g/mol. The number of likely N-dealkylation sites (tertiary alicyclic amines) is 1. The van der Waals surface area contributed by atoms with Gasteiger partial charge < -0.3 is 39.6 Å². The molecule has 0 radical (unpaired) electrons. The van der Waals surface area contributed by atoms with E-state index in [4.69, 9.17) is 35.8 Å². The number of piperidine rings is 2. The van der Waals surface area contributed by atoms with Gasteiger partial charge >= 0.3 is 30.1 Å². The number of aliphatic carboxylic acids is 1. The lowest BCUT2D eigenvalue weighted by atomic mass is 9.85. The van der Waals surface area contributed by atoms with Crippen molar-refractivity contribution in [1.29, 1.82) is 0 Å². The van der Waals surface area contributed by atoms with Crippen molar-refractivity contribution in [1.82, 2.24) is 20.0 Å². The van der Waals surface area contributed by atoms with Crippen molar-refractivity contribution in [3.63, 3.8) is 0 Å². The molecule has 3 N–H and O–H groups in total. The average molecular weight is 834 g/mol. The van der Waals surface area contributed by atoms with E-state index in [2.05, 4.69) is 38.3 Å². The van der Waals surface area contributed by atoms with Crippen LogP contribution in [0.2, 0.25) is 0 Å². The predicted octanol–water partition coefficient (Wildman–Crippen LogP) is 6.50. The van der Waals surface area contributed by atoms with Crippen LogP contribution in [-0.4, -0.2) is 113 Å². The number of ether oxygens (including phenoxy) is 4. The van der Waals surface area contributed by atoms with Gasteiger partial charge in [-0.2, -0.15) is 0 Å². The molecule has 4 aliphatic rings. The summed E-state index contributed by atoms with van der Waals surface area (Å²) in [6.45, 7) is 31.2. The minimum atomic E-state index is -1.07. The molecule has 0 aromatic rings. The van der Waals surface area contributed by atoms with E-state index in [1.165, 1.54) is 14.2 Å². The van der Waals surface area contributed by atoms with Gasteiger partial charge in [0.05, 0.1) is 14.2 Å². The predicted molar refractivity (Wildman–Crippen MR) is 217 cm³/mol. The molecule has 0 aromatic carbocycles. The first kappa shape index (κ1) is 51.7. The largest absolute Gasteiger partial charge is 0.480 e. The number of alkyl carbamates (subject to hydrolysis) is 2. The second-order valence-corrected chi connectivity index (χ2v) is 21.1. The Morgan fingerprint density at radius 2 is 1.00 bits per heavy atom. The fourth-order valence-electron chi connectivity index (χ4n) is 7.84. The third kappa shape index (κ3) is 12.8. The smallest absolute Gasteiger partial charge is 0.408 e. The lowest BCUT2D eigenvalue weighted by molar-refractivity contribution is -0.154. The van der Waals surface area contributed by atoms with Crippen molar-refractivity contribution < 1.29 is 52.8 Å². The number of amides is 3. The number of hydrogen-bond acceptors (Lipinski definition) is 11. The van der Waals surface area contributed by atoms with Gasteiger partial charge in [0.1, 0.15) is 35.4 Å². The number of methoxy groups -OCH3 is 2. The van der Waals surface area contributed by atoms with E-state index in [0.29, 0.717) is 18.4 Å². The van der Waals surface area contributed by atoms with Gasteiger partial charge in [-0.1, -0.05) is 76.7 Å². The molecule has 2 aliphatic carbocycles. The maximum Gasteiger partial charge on any atom is 0.408 e. The number of hydrogen-bond donors (Lipinski definition) is 3. The molecule has 16 heteroatoms. The summed E-state index contributed by atoms with van der Waals surface area (Å²) in [4.78, 5) is 73.4. The summed E-state index contributed by atoms with van der Waals surface area (Å²) >= 11 is 5.94. The number of nitrogens with zero attached hydrogens (tertiary/aromatic N) is 2. The van der Waals surface area contributed by atoms with Crippen molar-refractivity contribution in [2.24, 2.45) is 45.3 Å². The third-order valence-corrected chi connectivity index (χ3v) is 11.4. The van der Waals surface area contributed by atoms with Crippen molar-refractivity contribution in [3.8, 4) is 0 Å². The van der Waals surface area contributed by atoms with E-state index in [9.17, 15) is 28.8 Å². The summed E-state index contributed by atoms with van der Waals surface area (Å²) in [7, 11) is 2.75. The zero-order valence-electron chi connectivity index (χ0n) is 36.8. The van der Waals surface area contributed by atoms with Crippen molar-refractivity contribution in [2.45, 2.75) is 154 Å². The zero-order chi connectivity index (χ0) is 43.9. The Labute approximate surface area is 346 Å². The van der Waals surface area contributed by atoms with Gasteiger partial charge in [-0.25, -0.2) is 23.6 Å². The Balaban J connectivity index is 0.000000461. The van der Waals surface area contributed by atoms with Gasteiger partial charge in [-0.15, -0.1) is 0 Å².